The number of carbonyl (C=O) groups is 1. The molecule has 0 amide bonds. The van der Waals surface area contributed by atoms with Gasteiger partial charge in [0.05, 0.1) is 5.70 Å². The molecule has 2 aliphatic rings. The average Bonchev–Trinajstić information content (AvgIpc) is 2.45. The minimum absolute atomic E-state index is 0.0996. The van der Waals surface area contributed by atoms with E-state index < -0.39 is 5.97 Å². The molecule has 5 heteroatoms. The Kier molecular flexibility index (Phi) is 1.51. The van der Waals surface area contributed by atoms with Gasteiger partial charge in [-0.05, 0) is 6.42 Å². The summed E-state index contributed by atoms with van der Waals surface area (Å²) in [4.78, 5) is 18.4. The predicted molar refractivity (Wildman–Crippen MR) is 47.5 cm³/mol. The fraction of sp³-hybridized carbons (Fsp3) is 0.125. The number of aliphatic carboxylic acids is 1. The Bertz CT molecular complexity index is 402. The fourth-order valence-electron chi connectivity index (χ4n) is 1.26. The average molecular weight is 177 g/mol. The normalized spacial score (nSPS) is 19.7. The maximum atomic E-state index is 10.6. The Morgan fingerprint density at radius 2 is 2.38 bits per heavy atom. The molecule has 0 aromatic heterocycles. The van der Waals surface area contributed by atoms with Crippen LogP contribution >= 0.6 is 0 Å². The van der Waals surface area contributed by atoms with Gasteiger partial charge in [-0.3, -0.25) is 0 Å². The highest BCUT2D eigenvalue weighted by Crippen LogP contribution is 2.21. The quantitative estimate of drug-likeness (QED) is 0.593. The number of rotatable bonds is 1. The first kappa shape index (κ1) is 7.72. The second-order valence-electron chi connectivity index (χ2n) is 2.70. The van der Waals surface area contributed by atoms with Gasteiger partial charge in [-0.25, -0.2) is 14.8 Å². The van der Waals surface area contributed by atoms with E-state index in [2.05, 4.69) is 9.98 Å². The molecule has 5 nitrogen and oxygen atoms in total. The van der Waals surface area contributed by atoms with Crippen LogP contribution in [0.4, 0.5) is 0 Å². The molecule has 2 heterocycles. The highest BCUT2D eigenvalue weighted by Gasteiger charge is 2.27. The summed E-state index contributed by atoms with van der Waals surface area (Å²) in [6.07, 6.45) is 4.01. The van der Waals surface area contributed by atoms with Crippen LogP contribution in [0.1, 0.15) is 6.42 Å². The van der Waals surface area contributed by atoms with Gasteiger partial charge in [0.25, 0.3) is 0 Å². The van der Waals surface area contributed by atoms with Gasteiger partial charge in [0.2, 0.25) is 0 Å². The van der Waals surface area contributed by atoms with E-state index in [4.69, 9.17) is 10.8 Å². The largest absolute Gasteiger partial charge is 0.476 e. The minimum Gasteiger partial charge on any atom is -0.476 e. The summed E-state index contributed by atoms with van der Waals surface area (Å²) in [6.45, 7) is 0. The van der Waals surface area contributed by atoms with E-state index in [0.717, 1.165) is 0 Å². The summed E-state index contributed by atoms with van der Waals surface area (Å²) in [5.41, 5.74) is 6.43. The van der Waals surface area contributed by atoms with E-state index in [-0.39, 0.29) is 11.4 Å². The van der Waals surface area contributed by atoms with Gasteiger partial charge in [0, 0.05) is 11.8 Å². The maximum absolute atomic E-state index is 10.6. The number of hydrogen-bond donors (Lipinski definition) is 2. The van der Waals surface area contributed by atoms with Crippen LogP contribution in [0.3, 0.4) is 0 Å². The van der Waals surface area contributed by atoms with Crippen LogP contribution in [0.2, 0.25) is 0 Å². The highest BCUT2D eigenvalue weighted by molar-refractivity contribution is 6.47. The topological polar surface area (TPSA) is 88.0 Å². The summed E-state index contributed by atoms with van der Waals surface area (Å²) in [7, 11) is 0. The number of aliphatic imine (C=N–C) groups is 2. The molecule has 0 fully saturated rings. The Morgan fingerprint density at radius 1 is 1.62 bits per heavy atom. The molecular formula is C8H7N3O2. The van der Waals surface area contributed by atoms with Gasteiger partial charge in [0.15, 0.2) is 11.5 Å². The van der Waals surface area contributed by atoms with Crippen molar-refractivity contribution in [2.24, 2.45) is 15.7 Å². The van der Waals surface area contributed by atoms with Gasteiger partial charge < -0.3 is 10.8 Å². The zero-order valence-corrected chi connectivity index (χ0v) is 6.69. The number of allylic oxidation sites excluding steroid dienone is 1. The molecule has 2 aliphatic heterocycles. The van der Waals surface area contributed by atoms with Gasteiger partial charge in [-0.15, -0.1) is 0 Å². The molecule has 66 valence electrons. The second-order valence-corrected chi connectivity index (χ2v) is 2.70. The van der Waals surface area contributed by atoms with Crippen molar-refractivity contribution in [1.29, 1.82) is 0 Å². The summed E-state index contributed by atoms with van der Waals surface area (Å²) in [5.74, 6) is -0.681. The standard InChI is InChI=1S/C8H7N3O2/c9-5-4-2-1-3-10-7(4)11-6(5)8(12)13/h1,3H,2,9H2,(H,12,13). The van der Waals surface area contributed by atoms with E-state index in [0.29, 0.717) is 17.8 Å². The minimum atomic E-state index is -1.11. The zero-order chi connectivity index (χ0) is 9.42. The van der Waals surface area contributed by atoms with E-state index >= 15 is 0 Å². The van der Waals surface area contributed by atoms with Crippen molar-refractivity contribution in [2.75, 3.05) is 0 Å². The summed E-state index contributed by atoms with van der Waals surface area (Å²) in [5, 5.41) is 8.71. The number of hydrogen-bond acceptors (Lipinski definition) is 4. The maximum Gasteiger partial charge on any atom is 0.356 e. The summed E-state index contributed by atoms with van der Waals surface area (Å²) >= 11 is 0. The number of nitrogens with two attached hydrogens (primary N) is 1. The Morgan fingerprint density at radius 3 is 3.00 bits per heavy atom. The molecule has 0 saturated carbocycles. The summed E-state index contributed by atoms with van der Waals surface area (Å²) < 4.78 is 0. The van der Waals surface area contributed by atoms with Crippen molar-refractivity contribution < 1.29 is 9.90 Å². The van der Waals surface area contributed by atoms with Crippen LogP contribution in [0.5, 0.6) is 0 Å². The third kappa shape index (κ3) is 1.05. The SMILES string of the molecule is NC1=C2CC=CN=C2N=C1C(=O)O. The van der Waals surface area contributed by atoms with E-state index in [9.17, 15) is 4.79 Å². The predicted octanol–water partition coefficient (Wildman–Crippen LogP) is 0.0543. The lowest BCUT2D eigenvalue weighted by atomic mass is 10.1. The van der Waals surface area contributed by atoms with Gasteiger partial charge in [-0.1, -0.05) is 6.08 Å². The number of carboxylic acid groups (broad SMARTS) is 1. The molecule has 0 saturated heterocycles. The molecule has 0 atom stereocenters. The van der Waals surface area contributed by atoms with E-state index in [1.54, 1.807) is 6.20 Å². The van der Waals surface area contributed by atoms with Gasteiger partial charge in [0.1, 0.15) is 0 Å². The molecule has 0 radical (unpaired) electrons. The van der Waals surface area contributed by atoms with Crippen LogP contribution in [-0.2, 0) is 4.79 Å². The van der Waals surface area contributed by atoms with Crippen LogP contribution in [0.15, 0.2) is 33.5 Å². The lowest BCUT2D eigenvalue weighted by Gasteiger charge is -2.02. The molecular weight excluding hydrogens is 170 g/mol. The molecule has 13 heavy (non-hydrogen) atoms. The van der Waals surface area contributed by atoms with Crippen LogP contribution < -0.4 is 5.73 Å². The molecule has 3 N–H and O–H groups in total. The number of carboxylic acids is 1. The Balaban J connectivity index is 2.50. The first-order valence-electron chi connectivity index (χ1n) is 3.74. The van der Waals surface area contributed by atoms with Crippen molar-refractivity contribution in [3.05, 3.63) is 23.5 Å². The zero-order valence-electron chi connectivity index (χ0n) is 6.69. The number of amidine groups is 1. The molecule has 2 rings (SSSR count). The van der Waals surface area contributed by atoms with Crippen molar-refractivity contribution in [3.8, 4) is 0 Å². The molecule has 0 aromatic carbocycles. The Hall–Kier alpha value is -1.91. The van der Waals surface area contributed by atoms with Crippen LogP contribution in [0.25, 0.3) is 0 Å². The monoisotopic (exact) mass is 177 g/mol. The number of nitrogens with zero attached hydrogens (tertiary/aromatic N) is 2. The molecule has 0 aliphatic carbocycles. The Labute approximate surface area is 74.0 Å². The first-order chi connectivity index (χ1) is 6.20. The fourth-order valence-corrected chi connectivity index (χ4v) is 1.26. The number of fused-ring (bicyclic) bond motifs is 1. The van der Waals surface area contributed by atoms with Crippen LogP contribution in [0, 0.1) is 0 Å². The third-order valence-corrected chi connectivity index (χ3v) is 1.89. The lowest BCUT2D eigenvalue weighted by molar-refractivity contribution is -0.129. The van der Waals surface area contributed by atoms with Crippen LogP contribution in [-0.4, -0.2) is 22.6 Å². The lowest BCUT2D eigenvalue weighted by Crippen LogP contribution is -2.19. The molecule has 0 bridgehead atoms. The van der Waals surface area contributed by atoms with Gasteiger partial charge >= 0.3 is 5.97 Å². The summed E-state index contributed by atoms with van der Waals surface area (Å²) in [6, 6.07) is 0. The van der Waals surface area contributed by atoms with E-state index in [1.807, 2.05) is 6.08 Å². The molecule has 0 unspecified atom stereocenters. The molecule has 0 spiro atoms. The van der Waals surface area contributed by atoms with Crippen molar-refractivity contribution >= 4 is 17.5 Å². The van der Waals surface area contributed by atoms with Crippen molar-refractivity contribution in [3.63, 3.8) is 0 Å². The first-order valence-corrected chi connectivity index (χ1v) is 3.74. The van der Waals surface area contributed by atoms with Crippen molar-refractivity contribution in [2.45, 2.75) is 6.42 Å². The smallest absolute Gasteiger partial charge is 0.356 e. The van der Waals surface area contributed by atoms with E-state index in [1.165, 1.54) is 0 Å². The highest BCUT2D eigenvalue weighted by atomic mass is 16.4. The molecule has 0 aromatic rings. The third-order valence-electron chi connectivity index (χ3n) is 1.89. The second kappa shape index (κ2) is 2.55. The van der Waals surface area contributed by atoms with Crippen molar-refractivity contribution in [1.82, 2.24) is 0 Å². The van der Waals surface area contributed by atoms with Gasteiger partial charge in [-0.2, -0.15) is 0 Å².